The van der Waals surface area contributed by atoms with Crippen LogP contribution in [-0.4, -0.2) is 0 Å². The van der Waals surface area contributed by atoms with Gasteiger partial charge in [-0.2, -0.15) is 0 Å². The zero-order valence-corrected chi connectivity index (χ0v) is 12.4. The Kier molecular flexibility index (Phi) is 4.86. The number of rotatable bonds is 4. The predicted molar refractivity (Wildman–Crippen MR) is 79.8 cm³/mol. The SMILES string of the molecule is CC(N)c1ccc(OCc2ccc(Cl)c(Cl)c2)c(F)c1. The van der Waals surface area contributed by atoms with Gasteiger partial charge in [0.2, 0.25) is 0 Å². The number of ether oxygens (including phenoxy) is 1. The predicted octanol–water partition coefficient (Wildman–Crippen LogP) is 4.73. The van der Waals surface area contributed by atoms with Crippen molar-refractivity contribution in [3.05, 3.63) is 63.4 Å². The zero-order chi connectivity index (χ0) is 14.7. The van der Waals surface area contributed by atoms with Crippen molar-refractivity contribution in [2.75, 3.05) is 0 Å². The van der Waals surface area contributed by atoms with Gasteiger partial charge in [-0.3, -0.25) is 0 Å². The molecule has 0 aliphatic carbocycles. The highest BCUT2D eigenvalue weighted by Gasteiger charge is 2.08. The molecule has 1 atom stereocenters. The third-order valence-corrected chi connectivity index (χ3v) is 3.60. The van der Waals surface area contributed by atoms with Crippen molar-refractivity contribution in [1.82, 2.24) is 0 Å². The first-order valence-corrected chi connectivity index (χ1v) is 6.84. The molecular formula is C15H14Cl2FNO. The summed E-state index contributed by atoms with van der Waals surface area (Å²) in [7, 11) is 0. The van der Waals surface area contributed by atoms with E-state index in [4.69, 9.17) is 33.7 Å². The molecule has 106 valence electrons. The molecule has 0 aliphatic heterocycles. The Morgan fingerprint density at radius 3 is 2.50 bits per heavy atom. The molecule has 0 aromatic heterocycles. The van der Waals surface area contributed by atoms with Crippen molar-refractivity contribution in [1.29, 1.82) is 0 Å². The van der Waals surface area contributed by atoms with E-state index in [1.54, 1.807) is 37.3 Å². The largest absolute Gasteiger partial charge is 0.486 e. The Hall–Kier alpha value is -1.29. The van der Waals surface area contributed by atoms with Crippen molar-refractivity contribution >= 4 is 23.2 Å². The van der Waals surface area contributed by atoms with Gasteiger partial charge in [0.25, 0.3) is 0 Å². The minimum Gasteiger partial charge on any atom is -0.486 e. The first-order chi connectivity index (χ1) is 9.47. The molecule has 0 radical (unpaired) electrons. The van der Waals surface area contributed by atoms with E-state index in [2.05, 4.69) is 0 Å². The van der Waals surface area contributed by atoms with Crippen molar-refractivity contribution in [2.24, 2.45) is 5.73 Å². The van der Waals surface area contributed by atoms with E-state index in [1.807, 2.05) is 0 Å². The van der Waals surface area contributed by atoms with Crippen LogP contribution >= 0.6 is 23.2 Å². The molecule has 20 heavy (non-hydrogen) atoms. The van der Waals surface area contributed by atoms with Gasteiger partial charge in [-0.25, -0.2) is 4.39 Å². The van der Waals surface area contributed by atoms with Crippen molar-refractivity contribution in [2.45, 2.75) is 19.6 Å². The summed E-state index contributed by atoms with van der Waals surface area (Å²) < 4.78 is 19.3. The molecule has 0 saturated carbocycles. The Morgan fingerprint density at radius 1 is 1.15 bits per heavy atom. The molecular weight excluding hydrogens is 300 g/mol. The lowest BCUT2D eigenvalue weighted by Crippen LogP contribution is -2.06. The molecule has 0 bridgehead atoms. The lowest BCUT2D eigenvalue weighted by molar-refractivity contribution is 0.290. The maximum atomic E-state index is 13.8. The zero-order valence-electron chi connectivity index (χ0n) is 10.9. The third kappa shape index (κ3) is 3.63. The minimum absolute atomic E-state index is 0.181. The lowest BCUT2D eigenvalue weighted by Gasteiger charge is -2.11. The van der Waals surface area contributed by atoms with E-state index >= 15 is 0 Å². The Balaban J connectivity index is 2.09. The average Bonchev–Trinajstić information content (AvgIpc) is 2.41. The molecule has 0 amide bonds. The molecule has 1 unspecified atom stereocenters. The van der Waals surface area contributed by atoms with Crippen LogP contribution in [0.1, 0.15) is 24.1 Å². The van der Waals surface area contributed by atoms with Crippen LogP contribution in [0.5, 0.6) is 5.75 Å². The van der Waals surface area contributed by atoms with E-state index in [1.165, 1.54) is 6.07 Å². The highest BCUT2D eigenvalue weighted by molar-refractivity contribution is 6.42. The molecule has 0 fully saturated rings. The molecule has 0 aliphatic rings. The van der Waals surface area contributed by atoms with Crippen molar-refractivity contribution in [3.8, 4) is 5.75 Å². The quantitative estimate of drug-likeness (QED) is 0.885. The summed E-state index contributed by atoms with van der Waals surface area (Å²) in [6.07, 6.45) is 0. The maximum absolute atomic E-state index is 13.8. The smallest absolute Gasteiger partial charge is 0.165 e. The van der Waals surface area contributed by atoms with E-state index in [9.17, 15) is 4.39 Å². The summed E-state index contributed by atoms with van der Waals surface area (Å²) in [5.74, 6) is -0.250. The van der Waals surface area contributed by atoms with Gasteiger partial charge in [0, 0.05) is 6.04 Å². The Bertz CT molecular complexity index is 617. The average molecular weight is 314 g/mol. The van der Waals surface area contributed by atoms with Crippen LogP contribution in [-0.2, 0) is 6.61 Å². The van der Waals surface area contributed by atoms with Crippen LogP contribution in [0.15, 0.2) is 36.4 Å². The second-order valence-corrected chi connectivity index (χ2v) is 5.33. The lowest BCUT2D eigenvalue weighted by atomic mass is 10.1. The molecule has 2 rings (SSSR count). The molecule has 2 aromatic carbocycles. The molecule has 0 spiro atoms. The first-order valence-electron chi connectivity index (χ1n) is 6.09. The number of hydrogen-bond donors (Lipinski definition) is 1. The summed E-state index contributed by atoms with van der Waals surface area (Å²) in [6, 6.07) is 9.64. The molecule has 2 N–H and O–H groups in total. The van der Waals surface area contributed by atoms with Crippen LogP contribution in [0, 0.1) is 5.82 Å². The van der Waals surface area contributed by atoms with E-state index in [0.29, 0.717) is 10.0 Å². The highest BCUT2D eigenvalue weighted by Crippen LogP contribution is 2.25. The standard InChI is InChI=1S/C15H14Cl2FNO/c1-9(19)11-3-5-15(14(18)7-11)20-8-10-2-4-12(16)13(17)6-10/h2-7,9H,8,19H2,1H3. The summed E-state index contributed by atoms with van der Waals surface area (Å²) in [4.78, 5) is 0. The first kappa shape index (κ1) is 15.1. The third-order valence-electron chi connectivity index (χ3n) is 2.86. The van der Waals surface area contributed by atoms with E-state index in [-0.39, 0.29) is 18.4 Å². The van der Waals surface area contributed by atoms with Gasteiger partial charge in [0.05, 0.1) is 10.0 Å². The molecule has 5 heteroatoms. The van der Waals surface area contributed by atoms with Crippen LogP contribution in [0.4, 0.5) is 4.39 Å². The maximum Gasteiger partial charge on any atom is 0.165 e. The van der Waals surface area contributed by atoms with Gasteiger partial charge in [-0.1, -0.05) is 35.3 Å². The minimum atomic E-state index is -0.431. The fourth-order valence-corrected chi connectivity index (χ4v) is 2.03. The summed E-state index contributed by atoms with van der Waals surface area (Å²) in [5, 5.41) is 0.920. The number of nitrogens with two attached hydrogens (primary N) is 1. The normalized spacial score (nSPS) is 12.2. The molecule has 0 saturated heterocycles. The van der Waals surface area contributed by atoms with E-state index in [0.717, 1.165) is 11.1 Å². The summed E-state index contributed by atoms with van der Waals surface area (Å²) in [6.45, 7) is 2.01. The second-order valence-electron chi connectivity index (χ2n) is 4.52. The molecule has 0 heterocycles. The van der Waals surface area contributed by atoms with Gasteiger partial charge in [0.1, 0.15) is 6.61 Å². The highest BCUT2D eigenvalue weighted by atomic mass is 35.5. The van der Waals surface area contributed by atoms with Gasteiger partial charge >= 0.3 is 0 Å². The summed E-state index contributed by atoms with van der Waals surface area (Å²) >= 11 is 11.7. The van der Waals surface area contributed by atoms with Gasteiger partial charge in [0.15, 0.2) is 11.6 Å². The number of benzene rings is 2. The van der Waals surface area contributed by atoms with Crippen molar-refractivity contribution in [3.63, 3.8) is 0 Å². The van der Waals surface area contributed by atoms with Crippen molar-refractivity contribution < 1.29 is 9.13 Å². The molecule has 2 nitrogen and oxygen atoms in total. The van der Waals surface area contributed by atoms with Crippen LogP contribution < -0.4 is 10.5 Å². The van der Waals surface area contributed by atoms with Gasteiger partial charge in [-0.15, -0.1) is 0 Å². The number of hydrogen-bond acceptors (Lipinski definition) is 2. The summed E-state index contributed by atoms with van der Waals surface area (Å²) in [5.41, 5.74) is 7.24. The van der Waals surface area contributed by atoms with E-state index < -0.39 is 5.82 Å². The van der Waals surface area contributed by atoms with Gasteiger partial charge < -0.3 is 10.5 Å². The molecule has 2 aromatic rings. The van der Waals surface area contributed by atoms with Crippen LogP contribution in [0.25, 0.3) is 0 Å². The number of halogens is 3. The van der Waals surface area contributed by atoms with Gasteiger partial charge in [-0.05, 0) is 42.3 Å². The monoisotopic (exact) mass is 313 g/mol. The van der Waals surface area contributed by atoms with Crippen LogP contribution in [0.3, 0.4) is 0 Å². The Morgan fingerprint density at radius 2 is 1.90 bits per heavy atom. The second kappa shape index (κ2) is 6.44. The Labute approximate surface area is 127 Å². The fourth-order valence-electron chi connectivity index (χ4n) is 1.71. The topological polar surface area (TPSA) is 35.2 Å². The van der Waals surface area contributed by atoms with Crippen LogP contribution in [0.2, 0.25) is 10.0 Å². The fraction of sp³-hybridized carbons (Fsp3) is 0.200.